The first-order chi connectivity index (χ1) is 9.01. The van der Waals surface area contributed by atoms with Crippen molar-refractivity contribution >= 4 is 10.0 Å². The number of nitrogens with zero attached hydrogens (tertiary/aromatic N) is 1. The summed E-state index contributed by atoms with van der Waals surface area (Å²) in [6, 6.07) is 7.44. The van der Waals surface area contributed by atoms with Crippen molar-refractivity contribution < 1.29 is 8.42 Å². The zero-order valence-electron chi connectivity index (χ0n) is 11.8. The van der Waals surface area contributed by atoms with Crippen LogP contribution in [0.3, 0.4) is 0 Å². The molecule has 19 heavy (non-hydrogen) atoms. The predicted molar refractivity (Wildman–Crippen MR) is 77.6 cm³/mol. The van der Waals surface area contributed by atoms with E-state index in [0.29, 0.717) is 23.9 Å². The summed E-state index contributed by atoms with van der Waals surface area (Å²) in [5.74, 6) is 0.456. The molecule has 0 atom stereocenters. The van der Waals surface area contributed by atoms with Crippen LogP contribution in [0.5, 0.6) is 0 Å². The first kappa shape index (κ1) is 14.5. The van der Waals surface area contributed by atoms with E-state index in [4.69, 9.17) is 0 Å². The third-order valence-corrected chi connectivity index (χ3v) is 5.53. The minimum atomic E-state index is -3.30. The van der Waals surface area contributed by atoms with Gasteiger partial charge in [0.05, 0.1) is 4.90 Å². The summed E-state index contributed by atoms with van der Waals surface area (Å²) in [6.07, 6.45) is 3.90. The second kappa shape index (κ2) is 6.06. The van der Waals surface area contributed by atoms with Gasteiger partial charge in [0.25, 0.3) is 0 Å². The van der Waals surface area contributed by atoms with Crippen molar-refractivity contribution in [2.75, 3.05) is 13.1 Å². The Kier molecular flexibility index (Phi) is 4.63. The maximum Gasteiger partial charge on any atom is 0.243 e. The molecule has 0 saturated carbocycles. The lowest BCUT2D eigenvalue weighted by molar-refractivity contribution is 0.346. The molecule has 106 valence electrons. The standard InChI is InChI=1S/C15H23NO2S/c1-13(2)12-14-8-4-5-9-15(14)19(17,18)16-10-6-3-7-11-16/h4-5,8-9,13H,3,6-7,10-12H2,1-2H3. The summed E-state index contributed by atoms with van der Waals surface area (Å²) in [5, 5.41) is 0. The van der Waals surface area contributed by atoms with Crippen LogP contribution in [0, 0.1) is 5.92 Å². The largest absolute Gasteiger partial charge is 0.243 e. The molecule has 0 bridgehead atoms. The summed E-state index contributed by atoms with van der Waals surface area (Å²) in [6.45, 7) is 5.56. The van der Waals surface area contributed by atoms with Crippen molar-refractivity contribution in [3.05, 3.63) is 29.8 Å². The molecule has 1 fully saturated rings. The molecule has 1 heterocycles. The van der Waals surface area contributed by atoms with Gasteiger partial charge in [-0.1, -0.05) is 38.5 Å². The van der Waals surface area contributed by atoms with Crippen LogP contribution < -0.4 is 0 Å². The van der Waals surface area contributed by atoms with Gasteiger partial charge in [0.15, 0.2) is 0 Å². The van der Waals surface area contributed by atoms with E-state index >= 15 is 0 Å². The molecule has 4 heteroatoms. The monoisotopic (exact) mass is 281 g/mol. The fraction of sp³-hybridized carbons (Fsp3) is 0.600. The van der Waals surface area contributed by atoms with Crippen LogP contribution in [0.2, 0.25) is 0 Å². The number of hydrogen-bond acceptors (Lipinski definition) is 2. The normalized spacial score (nSPS) is 17.8. The maximum atomic E-state index is 12.7. The molecule has 1 saturated heterocycles. The van der Waals surface area contributed by atoms with Gasteiger partial charge in [-0.2, -0.15) is 4.31 Å². The van der Waals surface area contributed by atoms with Crippen molar-refractivity contribution in [1.82, 2.24) is 4.31 Å². The number of benzene rings is 1. The second-order valence-corrected chi connectivity index (χ2v) is 7.58. The van der Waals surface area contributed by atoms with Crippen LogP contribution in [-0.4, -0.2) is 25.8 Å². The molecule has 0 spiro atoms. The van der Waals surface area contributed by atoms with Crippen LogP contribution in [0.1, 0.15) is 38.7 Å². The quantitative estimate of drug-likeness (QED) is 0.850. The highest BCUT2D eigenvalue weighted by Gasteiger charge is 2.27. The fourth-order valence-corrected chi connectivity index (χ4v) is 4.36. The van der Waals surface area contributed by atoms with Gasteiger partial charge in [0, 0.05) is 13.1 Å². The van der Waals surface area contributed by atoms with Crippen LogP contribution in [0.4, 0.5) is 0 Å². The van der Waals surface area contributed by atoms with E-state index in [-0.39, 0.29) is 0 Å². The molecule has 1 aromatic carbocycles. The van der Waals surface area contributed by atoms with Gasteiger partial charge in [-0.05, 0) is 36.8 Å². The second-order valence-electron chi connectivity index (χ2n) is 5.67. The predicted octanol–water partition coefficient (Wildman–Crippen LogP) is 3.06. The van der Waals surface area contributed by atoms with Crippen LogP contribution in [-0.2, 0) is 16.4 Å². The topological polar surface area (TPSA) is 37.4 Å². The highest BCUT2D eigenvalue weighted by Crippen LogP contribution is 2.25. The highest BCUT2D eigenvalue weighted by atomic mass is 32.2. The smallest absolute Gasteiger partial charge is 0.207 e. The van der Waals surface area contributed by atoms with Crippen LogP contribution in [0.25, 0.3) is 0 Å². The minimum Gasteiger partial charge on any atom is -0.207 e. The molecule has 0 unspecified atom stereocenters. The van der Waals surface area contributed by atoms with Crippen LogP contribution in [0.15, 0.2) is 29.2 Å². The summed E-state index contributed by atoms with van der Waals surface area (Å²) < 4.78 is 27.1. The van der Waals surface area contributed by atoms with E-state index < -0.39 is 10.0 Å². The first-order valence-corrected chi connectivity index (χ1v) is 8.54. The molecule has 0 N–H and O–H groups in total. The lowest BCUT2D eigenvalue weighted by Gasteiger charge is -2.27. The number of sulfonamides is 1. The first-order valence-electron chi connectivity index (χ1n) is 7.10. The van der Waals surface area contributed by atoms with Crippen LogP contribution >= 0.6 is 0 Å². The van der Waals surface area contributed by atoms with Gasteiger partial charge in [-0.25, -0.2) is 8.42 Å². The van der Waals surface area contributed by atoms with Gasteiger partial charge >= 0.3 is 0 Å². The van der Waals surface area contributed by atoms with Gasteiger partial charge in [-0.15, -0.1) is 0 Å². The van der Waals surface area contributed by atoms with Crippen molar-refractivity contribution in [3.8, 4) is 0 Å². The molecule has 1 aliphatic rings. The average Bonchev–Trinajstić information content (AvgIpc) is 2.39. The van der Waals surface area contributed by atoms with Crippen molar-refractivity contribution in [2.24, 2.45) is 5.92 Å². The minimum absolute atomic E-state index is 0.456. The van der Waals surface area contributed by atoms with Crippen molar-refractivity contribution in [1.29, 1.82) is 0 Å². The lowest BCUT2D eigenvalue weighted by Crippen LogP contribution is -2.36. The van der Waals surface area contributed by atoms with Gasteiger partial charge < -0.3 is 0 Å². The Morgan fingerprint density at radius 3 is 2.37 bits per heavy atom. The van der Waals surface area contributed by atoms with E-state index in [2.05, 4.69) is 13.8 Å². The molecule has 0 amide bonds. The molecule has 1 aliphatic heterocycles. The third-order valence-electron chi connectivity index (χ3n) is 3.53. The number of rotatable bonds is 4. The SMILES string of the molecule is CC(C)Cc1ccccc1S(=O)(=O)N1CCCCC1. The molecular formula is C15H23NO2S. The zero-order chi connectivity index (χ0) is 13.9. The van der Waals surface area contributed by atoms with Gasteiger partial charge in [0.1, 0.15) is 0 Å². The molecule has 2 rings (SSSR count). The summed E-state index contributed by atoms with van der Waals surface area (Å²) >= 11 is 0. The highest BCUT2D eigenvalue weighted by molar-refractivity contribution is 7.89. The van der Waals surface area contributed by atoms with E-state index in [1.807, 2.05) is 18.2 Å². The number of piperidine rings is 1. The Morgan fingerprint density at radius 2 is 1.74 bits per heavy atom. The summed E-state index contributed by atoms with van der Waals surface area (Å²) in [7, 11) is -3.30. The fourth-order valence-electron chi connectivity index (χ4n) is 2.61. The molecule has 0 aromatic heterocycles. The molecule has 0 aliphatic carbocycles. The molecule has 0 radical (unpaired) electrons. The summed E-state index contributed by atoms with van der Waals surface area (Å²) in [5.41, 5.74) is 0.947. The van der Waals surface area contributed by atoms with E-state index in [9.17, 15) is 8.42 Å². The lowest BCUT2D eigenvalue weighted by atomic mass is 10.0. The average molecular weight is 281 g/mol. The third kappa shape index (κ3) is 3.37. The zero-order valence-corrected chi connectivity index (χ0v) is 12.6. The Balaban J connectivity index is 2.34. The van der Waals surface area contributed by atoms with E-state index in [1.54, 1.807) is 10.4 Å². The molecule has 1 aromatic rings. The maximum absolute atomic E-state index is 12.7. The summed E-state index contributed by atoms with van der Waals surface area (Å²) in [4.78, 5) is 0.505. The van der Waals surface area contributed by atoms with Gasteiger partial charge in [-0.3, -0.25) is 0 Å². The molecular weight excluding hydrogens is 258 g/mol. The Labute approximate surface area is 116 Å². The Hall–Kier alpha value is -0.870. The van der Waals surface area contributed by atoms with E-state index in [1.165, 1.54) is 0 Å². The van der Waals surface area contributed by atoms with Gasteiger partial charge in [0.2, 0.25) is 10.0 Å². The Bertz CT molecular complexity index is 517. The van der Waals surface area contributed by atoms with Crippen molar-refractivity contribution in [2.45, 2.75) is 44.4 Å². The van der Waals surface area contributed by atoms with Crippen molar-refractivity contribution in [3.63, 3.8) is 0 Å². The number of hydrogen-bond donors (Lipinski definition) is 0. The Morgan fingerprint density at radius 1 is 1.11 bits per heavy atom. The molecule has 3 nitrogen and oxygen atoms in total. The van der Waals surface area contributed by atoms with E-state index in [0.717, 1.165) is 31.2 Å².